The molecule has 2 aromatic heterocycles. The van der Waals surface area contributed by atoms with Crippen molar-refractivity contribution in [1.29, 1.82) is 0 Å². The second-order valence-electron chi connectivity index (χ2n) is 9.20. The van der Waals surface area contributed by atoms with Gasteiger partial charge in [-0.3, -0.25) is 9.48 Å². The van der Waals surface area contributed by atoms with Crippen LogP contribution in [-0.2, 0) is 19.4 Å². The number of nitrogens with zero attached hydrogens (tertiary/aromatic N) is 3. The van der Waals surface area contributed by atoms with Gasteiger partial charge in [-0.15, -0.1) is 0 Å². The maximum atomic E-state index is 13.0. The van der Waals surface area contributed by atoms with E-state index in [0.717, 1.165) is 40.6 Å². The molecule has 0 fully saturated rings. The molecule has 0 saturated heterocycles. The molecule has 158 valence electrons. The van der Waals surface area contributed by atoms with Crippen LogP contribution >= 0.6 is 15.9 Å². The van der Waals surface area contributed by atoms with Crippen molar-refractivity contribution in [2.24, 2.45) is 11.3 Å². The van der Waals surface area contributed by atoms with Crippen LogP contribution in [0, 0.1) is 18.3 Å². The number of rotatable bonds is 4. The minimum atomic E-state index is -0.282. The van der Waals surface area contributed by atoms with Gasteiger partial charge in [0.25, 0.3) is 5.91 Å². The van der Waals surface area contributed by atoms with Crippen molar-refractivity contribution in [3.05, 3.63) is 63.1 Å². The fourth-order valence-corrected chi connectivity index (χ4v) is 4.35. The molecule has 7 heteroatoms. The molecule has 4 rings (SSSR count). The Hall–Kier alpha value is -2.41. The lowest BCUT2D eigenvalue weighted by Crippen LogP contribution is -2.27. The first-order chi connectivity index (χ1) is 14.2. The Bertz CT molecular complexity index is 1060. The van der Waals surface area contributed by atoms with Crippen molar-refractivity contribution < 1.29 is 9.32 Å². The van der Waals surface area contributed by atoms with Crippen molar-refractivity contribution in [2.75, 3.05) is 5.32 Å². The summed E-state index contributed by atoms with van der Waals surface area (Å²) in [6.45, 7) is 9.42. The van der Waals surface area contributed by atoms with Crippen molar-refractivity contribution >= 4 is 27.7 Å². The average Bonchev–Trinajstić information content (AvgIpc) is 3.26. The highest BCUT2D eigenvalue weighted by molar-refractivity contribution is 9.10. The Kier molecular flexibility index (Phi) is 5.57. The smallest absolute Gasteiger partial charge is 0.279 e. The highest BCUT2D eigenvalue weighted by Gasteiger charge is 2.34. The number of fused-ring (bicyclic) bond motifs is 1. The quantitative estimate of drug-likeness (QED) is 0.554. The van der Waals surface area contributed by atoms with E-state index in [-0.39, 0.29) is 11.3 Å². The molecular weight excluding hydrogens is 444 g/mol. The summed E-state index contributed by atoms with van der Waals surface area (Å²) in [4.78, 5) is 13.0. The molecule has 0 radical (unpaired) electrons. The minimum Gasteiger partial charge on any atom is -0.360 e. The highest BCUT2D eigenvalue weighted by atomic mass is 79.9. The van der Waals surface area contributed by atoms with E-state index < -0.39 is 0 Å². The summed E-state index contributed by atoms with van der Waals surface area (Å²) in [6.07, 6.45) is 4.56. The van der Waals surface area contributed by atoms with E-state index in [9.17, 15) is 4.79 Å². The van der Waals surface area contributed by atoms with Gasteiger partial charge in [-0.1, -0.05) is 55.8 Å². The molecule has 1 amide bonds. The molecule has 6 nitrogen and oxygen atoms in total. The van der Waals surface area contributed by atoms with Crippen LogP contribution in [0.1, 0.15) is 60.1 Å². The van der Waals surface area contributed by atoms with Gasteiger partial charge in [-0.05, 0) is 52.6 Å². The third-order valence-electron chi connectivity index (χ3n) is 5.89. The molecule has 0 saturated carbocycles. The van der Waals surface area contributed by atoms with Gasteiger partial charge in [0.15, 0.2) is 11.5 Å². The predicted octanol–water partition coefficient (Wildman–Crippen LogP) is 5.39. The van der Waals surface area contributed by atoms with Crippen molar-refractivity contribution in [2.45, 2.75) is 53.5 Å². The Balaban J connectivity index is 1.50. The van der Waals surface area contributed by atoms with Crippen LogP contribution < -0.4 is 5.32 Å². The fourth-order valence-electron chi connectivity index (χ4n) is 3.93. The van der Waals surface area contributed by atoms with Gasteiger partial charge in [0.05, 0.1) is 11.0 Å². The predicted molar refractivity (Wildman–Crippen MR) is 120 cm³/mol. The maximum absolute atomic E-state index is 13.0. The topological polar surface area (TPSA) is 73.0 Å². The van der Waals surface area contributed by atoms with E-state index in [1.807, 2.05) is 6.20 Å². The van der Waals surface area contributed by atoms with Crippen LogP contribution in [0.3, 0.4) is 0 Å². The Morgan fingerprint density at radius 1 is 1.30 bits per heavy atom. The number of hydrogen-bond donors (Lipinski definition) is 1. The van der Waals surface area contributed by atoms with Crippen LogP contribution in [0.15, 0.2) is 39.5 Å². The molecular formula is C23H27BrN4O2. The molecule has 2 heterocycles. The van der Waals surface area contributed by atoms with Gasteiger partial charge < -0.3 is 9.84 Å². The van der Waals surface area contributed by atoms with Crippen LogP contribution in [0.4, 0.5) is 5.82 Å². The van der Waals surface area contributed by atoms with Gasteiger partial charge in [0.2, 0.25) is 0 Å². The van der Waals surface area contributed by atoms with Gasteiger partial charge in [-0.25, -0.2) is 0 Å². The lowest BCUT2D eigenvalue weighted by molar-refractivity contribution is 0.101. The fraction of sp³-hybridized carbons (Fsp3) is 0.435. The summed E-state index contributed by atoms with van der Waals surface area (Å²) < 4.78 is 8.02. The van der Waals surface area contributed by atoms with E-state index in [1.165, 1.54) is 5.56 Å². The monoisotopic (exact) mass is 470 g/mol. The van der Waals surface area contributed by atoms with E-state index in [2.05, 4.69) is 83.5 Å². The number of aromatic nitrogens is 3. The molecule has 1 aliphatic carbocycles. The number of halogens is 1. The van der Waals surface area contributed by atoms with Gasteiger partial charge in [0.1, 0.15) is 5.76 Å². The second-order valence-corrected chi connectivity index (χ2v) is 10.1. The van der Waals surface area contributed by atoms with Gasteiger partial charge in [-0.2, -0.15) is 5.10 Å². The van der Waals surface area contributed by atoms with Crippen LogP contribution in [0.2, 0.25) is 0 Å². The number of amides is 1. The molecule has 1 aromatic carbocycles. The highest BCUT2D eigenvalue weighted by Crippen LogP contribution is 2.38. The number of aryl methyl sites for hydroxylation is 2. The molecule has 1 aliphatic rings. The molecule has 0 aliphatic heterocycles. The summed E-state index contributed by atoms with van der Waals surface area (Å²) in [6, 6.07) is 8.32. The number of hydrogen-bond acceptors (Lipinski definition) is 4. The summed E-state index contributed by atoms with van der Waals surface area (Å²) in [5, 5.41) is 11.5. The molecule has 1 unspecified atom stereocenters. The first-order valence-electron chi connectivity index (χ1n) is 10.3. The number of anilines is 1. The Morgan fingerprint density at radius 2 is 2.03 bits per heavy atom. The third kappa shape index (κ3) is 4.36. The first-order valence-corrected chi connectivity index (χ1v) is 11.1. The van der Waals surface area contributed by atoms with Crippen molar-refractivity contribution in [1.82, 2.24) is 14.9 Å². The van der Waals surface area contributed by atoms with Crippen molar-refractivity contribution in [3.63, 3.8) is 0 Å². The lowest BCUT2D eigenvalue weighted by Gasteiger charge is -2.33. The van der Waals surface area contributed by atoms with Crippen molar-refractivity contribution in [3.8, 4) is 0 Å². The van der Waals surface area contributed by atoms with E-state index in [1.54, 1.807) is 4.68 Å². The van der Waals surface area contributed by atoms with Crippen LogP contribution in [-0.4, -0.2) is 20.8 Å². The zero-order valence-electron chi connectivity index (χ0n) is 17.8. The Labute approximate surface area is 185 Å². The Morgan fingerprint density at radius 3 is 2.73 bits per heavy atom. The molecule has 1 N–H and O–H groups in total. The largest absolute Gasteiger partial charge is 0.360 e. The van der Waals surface area contributed by atoms with E-state index in [4.69, 9.17) is 4.52 Å². The standard InChI is InChI=1S/C23H27BrN4O2/c1-14-5-7-15(8-6-14)12-28-13-18(24)21(26-28)25-22(29)20-17-11-16(23(2,3)4)9-10-19(17)30-27-20/h5-8,13,16H,9-12H2,1-4H3,(H,25,26,29). The zero-order valence-corrected chi connectivity index (χ0v) is 19.4. The van der Waals surface area contributed by atoms with E-state index >= 15 is 0 Å². The number of carbonyl (C=O) groups excluding carboxylic acids is 1. The minimum absolute atomic E-state index is 0.181. The summed E-state index contributed by atoms with van der Waals surface area (Å²) in [5.41, 5.74) is 3.86. The normalized spacial score (nSPS) is 16.4. The van der Waals surface area contributed by atoms with Crippen LogP contribution in [0.5, 0.6) is 0 Å². The molecule has 0 bridgehead atoms. The summed E-state index contributed by atoms with van der Waals surface area (Å²) in [5.74, 6) is 1.53. The third-order valence-corrected chi connectivity index (χ3v) is 6.47. The molecule has 1 atom stereocenters. The van der Waals surface area contributed by atoms with Gasteiger partial charge in [0, 0.05) is 18.2 Å². The van der Waals surface area contributed by atoms with E-state index in [0.29, 0.717) is 24.0 Å². The first kappa shape index (κ1) is 20.8. The summed E-state index contributed by atoms with van der Waals surface area (Å²) >= 11 is 3.50. The number of carbonyl (C=O) groups is 1. The molecule has 3 aromatic rings. The zero-order chi connectivity index (χ0) is 21.5. The maximum Gasteiger partial charge on any atom is 0.279 e. The average molecular weight is 471 g/mol. The van der Waals surface area contributed by atoms with Crippen LogP contribution in [0.25, 0.3) is 0 Å². The second kappa shape index (κ2) is 8.02. The molecule has 0 spiro atoms. The van der Waals surface area contributed by atoms with Gasteiger partial charge >= 0.3 is 0 Å². The molecule has 30 heavy (non-hydrogen) atoms. The lowest BCUT2D eigenvalue weighted by atomic mass is 9.71. The SMILES string of the molecule is Cc1ccc(Cn2cc(Br)c(NC(=O)c3noc4c3CC(C(C)(C)C)CC4)n2)cc1. The number of benzene rings is 1. The number of nitrogens with one attached hydrogen (secondary N) is 1. The summed E-state index contributed by atoms with van der Waals surface area (Å²) in [7, 11) is 0.